The van der Waals surface area contributed by atoms with Gasteiger partial charge in [0.15, 0.2) is 5.16 Å². The van der Waals surface area contributed by atoms with Crippen LogP contribution in [-0.2, 0) is 16.6 Å². The molecule has 3 N–H and O–H groups in total. The Labute approximate surface area is 112 Å². The molecule has 0 amide bonds. The zero-order valence-electron chi connectivity index (χ0n) is 10.0. The molecule has 5 nitrogen and oxygen atoms in total. The van der Waals surface area contributed by atoms with Crippen molar-refractivity contribution < 1.29 is 4.21 Å². The van der Waals surface area contributed by atoms with Crippen molar-refractivity contribution in [3.63, 3.8) is 0 Å². The average molecular weight is 272 g/mol. The SMILES string of the molecule is Nc1cccc(CS(=O)c2nc3ccccc3[nH]2)n1. The van der Waals surface area contributed by atoms with Crippen LogP contribution in [0.2, 0.25) is 0 Å². The van der Waals surface area contributed by atoms with Gasteiger partial charge in [0.1, 0.15) is 5.82 Å². The van der Waals surface area contributed by atoms with Crippen LogP contribution in [0.15, 0.2) is 47.6 Å². The van der Waals surface area contributed by atoms with Gasteiger partial charge in [-0.1, -0.05) is 18.2 Å². The van der Waals surface area contributed by atoms with Gasteiger partial charge in [-0.25, -0.2) is 9.97 Å². The summed E-state index contributed by atoms with van der Waals surface area (Å²) in [5.74, 6) is 0.726. The van der Waals surface area contributed by atoms with Gasteiger partial charge in [-0.05, 0) is 24.3 Å². The van der Waals surface area contributed by atoms with Crippen molar-refractivity contribution >= 4 is 27.7 Å². The number of para-hydroxylation sites is 2. The zero-order valence-corrected chi connectivity index (χ0v) is 10.9. The molecular formula is C13H12N4OS. The highest BCUT2D eigenvalue weighted by atomic mass is 32.2. The quantitative estimate of drug-likeness (QED) is 0.762. The first-order chi connectivity index (χ1) is 9.22. The van der Waals surface area contributed by atoms with E-state index in [1.165, 1.54) is 0 Å². The first-order valence-electron chi connectivity index (χ1n) is 5.77. The highest BCUT2D eigenvalue weighted by molar-refractivity contribution is 7.84. The molecule has 0 bridgehead atoms. The fourth-order valence-electron chi connectivity index (χ4n) is 1.82. The molecule has 0 aliphatic rings. The Hall–Kier alpha value is -2.21. The molecule has 2 aromatic heterocycles. The van der Waals surface area contributed by atoms with Crippen LogP contribution >= 0.6 is 0 Å². The molecule has 0 spiro atoms. The minimum atomic E-state index is -1.26. The second kappa shape index (κ2) is 4.81. The first kappa shape index (κ1) is 11.9. The highest BCUT2D eigenvalue weighted by Gasteiger charge is 2.11. The van der Waals surface area contributed by atoms with Crippen molar-refractivity contribution in [3.05, 3.63) is 48.2 Å². The second-order valence-electron chi connectivity index (χ2n) is 4.10. The summed E-state index contributed by atoms with van der Waals surface area (Å²) in [6.07, 6.45) is 0. The summed E-state index contributed by atoms with van der Waals surface area (Å²) in [6, 6.07) is 12.9. The maximum atomic E-state index is 12.2. The minimum Gasteiger partial charge on any atom is -0.384 e. The number of imidazole rings is 1. The molecule has 96 valence electrons. The van der Waals surface area contributed by atoms with Crippen molar-refractivity contribution in [1.29, 1.82) is 0 Å². The van der Waals surface area contributed by atoms with Crippen LogP contribution < -0.4 is 5.73 Å². The molecule has 0 aliphatic heterocycles. The molecule has 1 unspecified atom stereocenters. The Kier molecular flexibility index (Phi) is 3.00. The number of rotatable bonds is 3. The number of aromatic nitrogens is 3. The van der Waals surface area contributed by atoms with E-state index in [2.05, 4.69) is 15.0 Å². The number of pyridine rings is 1. The molecule has 2 heterocycles. The van der Waals surface area contributed by atoms with E-state index < -0.39 is 10.8 Å². The number of H-pyrrole nitrogens is 1. The van der Waals surface area contributed by atoms with Crippen molar-refractivity contribution in [1.82, 2.24) is 15.0 Å². The molecule has 0 aliphatic carbocycles. The van der Waals surface area contributed by atoms with Crippen LogP contribution in [0.5, 0.6) is 0 Å². The Morgan fingerprint density at radius 1 is 1.11 bits per heavy atom. The largest absolute Gasteiger partial charge is 0.384 e. The molecule has 0 saturated carbocycles. The lowest BCUT2D eigenvalue weighted by Crippen LogP contribution is -2.02. The number of nitrogen functional groups attached to an aromatic ring is 1. The normalized spacial score (nSPS) is 12.6. The van der Waals surface area contributed by atoms with Crippen LogP contribution in [0, 0.1) is 0 Å². The average Bonchev–Trinajstić information content (AvgIpc) is 2.82. The monoisotopic (exact) mass is 272 g/mol. The van der Waals surface area contributed by atoms with Crippen molar-refractivity contribution in [2.24, 2.45) is 0 Å². The van der Waals surface area contributed by atoms with Gasteiger partial charge in [0.05, 0.1) is 33.3 Å². The Balaban J connectivity index is 1.87. The van der Waals surface area contributed by atoms with E-state index in [1.807, 2.05) is 24.3 Å². The van der Waals surface area contributed by atoms with E-state index >= 15 is 0 Å². The molecule has 1 aromatic carbocycles. The zero-order chi connectivity index (χ0) is 13.2. The number of anilines is 1. The first-order valence-corrected chi connectivity index (χ1v) is 7.09. The van der Waals surface area contributed by atoms with Crippen molar-refractivity contribution in [3.8, 4) is 0 Å². The maximum Gasteiger partial charge on any atom is 0.197 e. The summed E-state index contributed by atoms with van der Waals surface area (Å²) in [7, 11) is -1.26. The molecule has 3 aromatic rings. The molecule has 1 atom stereocenters. The topological polar surface area (TPSA) is 84.7 Å². The third kappa shape index (κ3) is 2.48. The Morgan fingerprint density at radius 2 is 1.95 bits per heavy atom. The lowest BCUT2D eigenvalue weighted by molar-refractivity contribution is 0.677. The predicted molar refractivity (Wildman–Crippen MR) is 74.9 cm³/mol. The Bertz CT molecular complexity index is 720. The minimum absolute atomic E-state index is 0.296. The maximum absolute atomic E-state index is 12.2. The molecule has 3 rings (SSSR count). The molecule has 6 heteroatoms. The number of aromatic amines is 1. The summed E-state index contributed by atoms with van der Waals surface area (Å²) in [4.78, 5) is 11.5. The fraction of sp³-hybridized carbons (Fsp3) is 0.0769. The van der Waals surface area contributed by atoms with Crippen LogP contribution in [0.4, 0.5) is 5.82 Å². The van der Waals surface area contributed by atoms with Crippen molar-refractivity contribution in [2.75, 3.05) is 5.73 Å². The van der Waals surface area contributed by atoms with E-state index in [4.69, 9.17) is 5.73 Å². The van der Waals surface area contributed by atoms with E-state index in [-0.39, 0.29) is 0 Å². The molecule has 0 fully saturated rings. The van der Waals surface area contributed by atoms with Crippen molar-refractivity contribution in [2.45, 2.75) is 10.9 Å². The fourth-order valence-corrected chi connectivity index (χ4v) is 2.81. The summed E-state index contributed by atoms with van der Waals surface area (Å²) in [6.45, 7) is 0. The van der Waals surface area contributed by atoms with Gasteiger partial charge in [0, 0.05) is 0 Å². The Morgan fingerprint density at radius 3 is 2.74 bits per heavy atom. The van der Waals surface area contributed by atoms with E-state index in [0.29, 0.717) is 22.4 Å². The van der Waals surface area contributed by atoms with Crippen LogP contribution in [-0.4, -0.2) is 19.2 Å². The van der Waals surface area contributed by atoms with Gasteiger partial charge in [-0.3, -0.25) is 4.21 Å². The number of nitrogens with one attached hydrogen (secondary N) is 1. The number of fused-ring (bicyclic) bond motifs is 1. The lowest BCUT2D eigenvalue weighted by atomic mass is 10.3. The van der Waals surface area contributed by atoms with Gasteiger partial charge in [-0.2, -0.15) is 0 Å². The summed E-state index contributed by atoms with van der Waals surface area (Å²) < 4.78 is 12.2. The van der Waals surface area contributed by atoms with Gasteiger partial charge >= 0.3 is 0 Å². The third-order valence-electron chi connectivity index (χ3n) is 2.69. The van der Waals surface area contributed by atoms with Crippen LogP contribution in [0.25, 0.3) is 11.0 Å². The van der Waals surface area contributed by atoms with Gasteiger partial charge < -0.3 is 10.7 Å². The van der Waals surface area contributed by atoms with Crippen LogP contribution in [0.3, 0.4) is 0 Å². The predicted octanol–water partition coefficient (Wildman–Crippen LogP) is 1.85. The number of nitrogens with zero attached hydrogens (tertiary/aromatic N) is 2. The third-order valence-corrected chi connectivity index (χ3v) is 3.87. The van der Waals surface area contributed by atoms with E-state index in [1.54, 1.807) is 18.2 Å². The van der Waals surface area contributed by atoms with Gasteiger partial charge in [-0.15, -0.1) is 0 Å². The smallest absolute Gasteiger partial charge is 0.197 e. The lowest BCUT2D eigenvalue weighted by Gasteiger charge is -1.99. The molecule has 0 saturated heterocycles. The summed E-state index contributed by atoms with van der Waals surface area (Å²) in [5, 5.41) is 0.463. The second-order valence-corrected chi connectivity index (χ2v) is 5.47. The number of hydrogen-bond donors (Lipinski definition) is 2. The molecule has 0 radical (unpaired) electrons. The summed E-state index contributed by atoms with van der Waals surface area (Å²) in [5.41, 5.74) is 7.99. The number of benzene rings is 1. The van der Waals surface area contributed by atoms with E-state index in [0.717, 1.165) is 11.0 Å². The van der Waals surface area contributed by atoms with Gasteiger partial charge in [0.25, 0.3) is 0 Å². The standard InChI is InChI=1S/C13H12N4OS/c14-12-7-3-4-9(15-12)8-19(18)13-16-10-5-1-2-6-11(10)17-13/h1-7H,8H2,(H2,14,15)(H,16,17). The molecule has 19 heavy (non-hydrogen) atoms. The number of hydrogen-bond acceptors (Lipinski definition) is 4. The van der Waals surface area contributed by atoms with Crippen LogP contribution in [0.1, 0.15) is 5.69 Å². The number of nitrogens with two attached hydrogens (primary N) is 1. The van der Waals surface area contributed by atoms with Gasteiger partial charge in [0.2, 0.25) is 0 Å². The summed E-state index contributed by atoms with van der Waals surface area (Å²) >= 11 is 0. The highest BCUT2D eigenvalue weighted by Crippen LogP contribution is 2.15. The van der Waals surface area contributed by atoms with E-state index in [9.17, 15) is 4.21 Å². The molecular weight excluding hydrogens is 260 g/mol.